The van der Waals surface area contributed by atoms with Crippen molar-refractivity contribution >= 4 is 0 Å². The minimum absolute atomic E-state index is 0.362. The minimum Gasteiger partial charge on any atom is -0.386 e. The van der Waals surface area contributed by atoms with Gasteiger partial charge in [-0.05, 0) is 5.92 Å². The highest BCUT2D eigenvalue weighted by Gasteiger charge is 1.99. The summed E-state index contributed by atoms with van der Waals surface area (Å²) in [4.78, 5) is 0. The van der Waals surface area contributed by atoms with Crippen LogP contribution in [-0.2, 0) is 0 Å². The summed E-state index contributed by atoms with van der Waals surface area (Å²) in [6.07, 6.45) is 1.53. The van der Waals surface area contributed by atoms with Crippen LogP contribution in [-0.4, -0.2) is 13.1 Å². The number of rotatable bonds is 4. The summed E-state index contributed by atoms with van der Waals surface area (Å²) < 4.78 is 0. The molecule has 0 aromatic carbocycles. The third-order valence-electron chi connectivity index (χ3n) is 1.32. The molecule has 0 bridgehead atoms. The van der Waals surface area contributed by atoms with Crippen LogP contribution in [0, 0.1) is 17.2 Å². The molecular weight excluding hydrogens is 138 g/mol. The molecule has 0 saturated heterocycles. The van der Waals surface area contributed by atoms with Crippen LogP contribution in [0.1, 0.15) is 13.8 Å². The SMILES string of the molecule is CC(C)/C(=C/C#N)NCCN. The number of nitriles is 1. The second-order valence-corrected chi connectivity index (χ2v) is 2.60. The van der Waals surface area contributed by atoms with Crippen LogP contribution in [0.4, 0.5) is 0 Å². The maximum atomic E-state index is 8.39. The van der Waals surface area contributed by atoms with Crippen molar-refractivity contribution in [1.82, 2.24) is 5.32 Å². The molecule has 0 aliphatic carbocycles. The van der Waals surface area contributed by atoms with Gasteiger partial charge in [-0.2, -0.15) is 5.26 Å². The molecule has 0 rings (SSSR count). The van der Waals surface area contributed by atoms with Gasteiger partial charge in [-0.1, -0.05) is 13.8 Å². The van der Waals surface area contributed by atoms with Crippen LogP contribution in [0.3, 0.4) is 0 Å². The molecule has 11 heavy (non-hydrogen) atoms. The van der Waals surface area contributed by atoms with Crippen LogP contribution in [0.2, 0.25) is 0 Å². The largest absolute Gasteiger partial charge is 0.386 e. The van der Waals surface area contributed by atoms with Crippen molar-refractivity contribution in [3.05, 3.63) is 11.8 Å². The Kier molecular flexibility index (Phi) is 5.22. The number of hydrogen-bond acceptors (Lipinski definition) is 3. The first-order valence-corrected chi connectivity index (χ1v) is 3.76. The Morgan fingerprint density at radius 3 is 2.73 bits per heavy atom. The maximum Gasteiger partial charge on any atom is 0.0930 e. The Balaban J connectivity index is 3.93. The minimum atomic E-state index is 0.362. The molecule has 3 N–H and O–H groups in total. The molecule has 0 amide bonds. The molecule has 0 fully saturated rings. The Morgan fingerprint density at radius 2 is 2.36 bits per heavy atom. The molecule has 0 heterocycles. The lowest BCUT2D eigenvalue weighted by Gasteiger charge is -2.11. The topological polar surface area (TPSA) is 61.8 Å². The summed E-state index contributed by atoms with van der Waals surface area (Å²) in [7, 11) is 0. The van der Waals surface area contributed by atoms with Gasteiger partial charge in [0, 0.05) is 24.9 Å². The van der Waals surface area contributed by atoms with Crippen molar-refractivity contribution < 1.29 is 0 Å². The second kappa shape index (κ2) is 5.75. The molecular formula is C8H15N3. The molecule has 3 heteroatoms. The van der Waals surface area contributed by atoms with E-state index in [1.807, 2.05) is 19.9 Å². The van der Waals surface area contributed by atoms with Gasteiger partial charge >= 0.3 is 0 Å². The average molecular weight is 153 g/mol. The number of nitrogens with two attached hydrogens (primary N) is 1. The van der Waals surface area contributed by atoms with Gasteiger partial charge in [-0.3, -0.25) is 0 Å². The summed E-state index contributed by atoms with van der Waals surface area (Å²) in [6, 6.07) is 1.99. The fraction of sp³-hybridized carbons (Fsp3) is 0.625. The number of allylic oxidation sites excluding steroid dienone is 2. The summed E-state index contributed by atoms with van der Waals surface area (Å²) in [5.41, 5.74) is 6.26. The molecule has 0 radical (unpaired) electrons. The number of hydrogen-bond donors (Lipinski definition) is 2. The van der Waals surface area contributed by atoms with Gasteiger partial charge in [0.05, 0.1) is 6.07 Å². The van der Waals surface area contributed by atoms with Gasteiger partial charge in [0.2, 0.25) is 0 Å². The summed E-state index contributed by atoms with van der Waals surface area (Å²) in [5, 5.41) is 11.5. The first kappa shape index (κ1) is 9.99. The van der Waals surface area contributed by atoms with Crippen LogP contribution in [0.5, 0.6) is 0 Å². The first-order valence-electron chi connectivity index (χ1n) is 3.76. The molecule has 0 aromatic rings. The molecule has 0 aliphatic heterocycles. The molecule has 62 valence electrons. The fourth-order valence-electron chi connectivity index (χ4n) is 0.708. The van der Waals surface area contributed by atoms with E-state index in [2.05, 4.69) is 5.32 Å². The zero-order valence-electron chi connectivity index (χ0n) is 7.09. The molecule has 3 nitrogen and oxygen atoms in total. The third-order valence-corrected chi connectivity index (χ3v) is 1.32. The summed E-state index contributed by atoms with van der Waals surface area (Å²) in [5.74, 6) is 0.362. The van der Waals surface area contributed by atoms with Crippen molar-refractivity contribution in [2.75, 3.05) is 13.1 Å². The third kappa shape index (κ3) is 4.40. The highest BCUT2D eigenvalue weighted by molar-refractivity contribution is 5.13. The lowest BCUT2D eigenvalue weighted by molar-refractivity contribution is 0.655. The van der Waals surface area contributed by atoms with E-state index < -0.39 is 0 Å². The van der Waals surface area contributed by atoms with Gasteiger partial charge in [-0.15, -0.1) is 0 Å². The van der Waals surface area contributed by atoms with Gasteiger partial charge in [0.1, 0.15) is 0 Å². The number of nitrogens with one attached hydrogen (secondary N) is 1. The molecule has 0 atom stereocenters. The predicted molar refractivity (Wildman–Crippen MR) is 45.6 cm³/mol. The van der Waals surface area contributed by atoms with Gasteiger partial charge < -0.3 is 11.1 Å². The zero-order valence-corrected chi connectivity index (χ0v) is 7.09. The van der Waals surface area contributed by atoms with Crippen molar-refractivity contribution in [2.24, 2.45) is 11.7 Å². The van der Waals surface area contributed by atoms with Crippen LogP contribution < -0.4 is 11.1 Å². The van der Waals surface area contributed by atoms with Gasteiger partial charge in [-0.25, -0.2) is 0 Å². The normalized spacial score (nSPS) is 11.4. The van der Waals surface area contributed by atoms with E-state index in [1.54, 1.807) is 0 Å². The highest BCUT2D eigenvalue weighted by Crippen LogP contribution is 2.03. The monoisotopic (exact) mass is 153 g/mol. The van der Waals surface area contributed by atoms with E-state index in [1.165, 1.54) is 6.08 Å². The van der Waals surface area contributed by atoms with Crippen molar-refractivity contribution in [1.29, 1.82) is 5.26 Å². The molecule has 0 aliphatic rings. The van der Waals surface area contributed by atoms with E-state index in [0.29, 0.717) is 12.5 Å². The molecule has 0 unspecified atom stereocenters. The van der Waals surface area contributed by atoms with Crippen molar-refractivity contribution in [3.8, 4) is 6.07 Å². The standard InChI is InChI=1S/C8H15N3/c1-7(2)8(3-4-9)11-6-5-10/h3,7,11H,5-6,10H2,1-2H3/b8-3-. The zero-order chi connectivity index (χ0) is 8.69. The quantitative estimate of drug-likeness (QED) is 0.581. The smallest absolute Gasteiger partial charge is 0.0930 e. The Labute approximate surface area is 67.9 Å². The van der Waals surface area contributed by atoms with Crippen molar-refractivity contribution in [2.45, 2.75) is 13.8 Å². The van der Waals surface area contributed by atoms with Gasteiger partial charge in [0.25, 0.3) is 0 Å². The van der Waals surface area contributed by atoms with E-state index in [0.717, 1.165) is 12.2 Å². The first-order chi connectivity index (χ1) is 5.22. The second-order valence-electron chi connectivity index (χ2n) is 2.60. The van der Waals surface area contributed by atoms with E-state index >= 15 is 0 Å². The highest BCUT2D eigenvalue weighted by atomic mass is 14.9. The predicted octanol–water partition coefficient (Wildman–Crippen LogP) is 0.598. The van der Waals surface area contributed by atoms with Crippen LogP contribution in [0.15, 0.2) is 11.8 Å². The van der Waals surface area contributed by atoms with E-state index in [-0.39, 0.29) is 0 Å². The lowest BCUT2D eigenvalue weighted by Crippen LogP contribution is -2.24. The van der Waals surface area contributed by atoms with Gasteiger partial charge in [0.15, 0.2) is 0 Å². The Bertz CT molecular complexity index is 165. The average Bonchev–Trinajstić information content (AvgIpc) is 1.97. The summed E-state index contributed by atoms with van der Waals surface area (Å²) in [6.45, 7) is 5.39. The fourth-order valence-corrected chi connectivity index (χ4v) is 0.708. The van der Waals surface area contributed by atoms with Crippen molar-refractivity contribution in [3.63, 3.8) is 0 Å². The van der Waals surface area contributed by atoms with E-state index in [9.17, 15) is 0 Å². The number of nitrogens with zero attached hydrogens (tertiary/aromatic N) is 1. The molecule has 0 saturated carbocycles. The lowest BCUT2D eigenvalue weighted by atomic mass is 10.1. The van der Waals surface area contributed by atoms with Crippen LogP contribution >= 0.6 is 0 Å². The van der Waals surface area contributed by atoms with E-state index in [4.69, 9.17) is 11.0 Å². The molecule has 0 spiro atoms. The summed E-state index contributed by atoms with van der Waals surface area (Å²) >= 11 is 0. The van der Waals surface area contributed by atoms with Crippen LogP contribution in [0.25, 0.3) is 0 Å². The Morgan fingerprint density at radius 1 is 1.73 bits per heavy atom. The molecule has 0 aromatic heterocycles. The maximum absolute atomic E-state index is 8.39. The Hall–Kier alpha value is -1.01.